The van der Waals surface area contributed by atoms with Crippen LogP contribution in [0.5, 0.6) is 0 Å². The molecule has 0 radical (unpaired) electrons. The Balaban J connectivity index is 1.71. The third-order valence-electron chi connectivity index (χ3n) is 4.27. The maximum atomic E-state index is 12.1. The molecule has 5 nitrogen and oxygen atoms in total. The van der Waals surface area contributed by atoms with Gasteiger partial charge in [-0.15, -0.1) is 0 Å². The molecule has 0 saturated carbocycles. The number of carbonyl (C=O) groups is 1. The molecule has 1 amide bonds. The van der Waals surface area contributed by atoms with Crippen molar-refractivity contribution in [3.63, 3.8) is 0 Å². The van der Waals surface area contributed by atoms with Gasteiger partial charge < -0.3 is 5.32 Å². The van der Waals surface area contributed by atoms with Crippen LogP contribution >= 0.6 is 15.9 Å². The molecule has 0 atom stereocenters. The Labute approximate surface area is 167 Å². The lowest BCUT2D eigenvalue weighted by Gasteiger charge is -2.05. The summed E-state index contributed by atoms with van der Waals surface area (Å²) in [6.07, 6.45) is 4.96. The molecule has 1 N–H and O–H groups in total. The second-order valence-corrected chi connectivity index (χ2v) is 7.33. The van der Waals surface area contributed by atoms with E-state index >= 15 is 0 Å². The number of pyridine rings is 1. The average molecular weight is 425 g/mol. The second kappa shape index (κ2) is 8.31. The summed E-state index contributed by atoms with van der Waals surface area (Å²) in [5.41, 5.74) is 5.31. The van der Waals surface area contributed by atoms with Gasteiger partial charge in [-0.2, -0.15) is 5.10 Å². The molecule has 0 fully saturated rings. The number of nitrogens with zero attached hydrogens (tertiary/aromatic N) is 3. The Hall–Kier alpha value is -2.73. The van der Waals surface area contributed by atoms with Crippen molar-refractivity contribution in [2.75, 3.05) is 5.32 Å². The SMILES string of the molecule is Cc1ccc(Cn2nc(C)c(/C=C/C(=O)Nc3ccc(Br)cn3)c2C)cc1. The molecule has 0 bridgehead atoms. The van der Waals surface area contributed by atoms with E-state index in [9.17, 15) is 4.79 Å². The average Bonchev–Trinajstić information content (AvgIpc) is 2.90. The first-order chi connectivity index (χ1) is 12.9. The monoisotopic (exact) mass is 424 g/mol. The van der Waals surface area contributed by atoms with Crippen LogP contribution in [0.25, 0.3) is 6.08 Å². The fourth-order valence-corrected chi connectivity index (χ4v) is 2.98. The molecule has 0 aliphatic rings. The molecule has 3 aromatic rings. The maximum absolute atomic E-state index is 12.1. The van der Waals surface area contributed by atoms with Crippen molar-refractivity contribution in [3.05, 3.63) is 81.2 Å². The molecule has 27 heavy (non-hydrogen) atoms. The van der Waals surface area contributed by atoms with E-state index < -0.39 is 0 Å². The first-order valence-electron chi connectivity index (χ1n) is 8.62. The zero-order chi connectivity index (χ0) is 19.4. The van der Waals surface area contributed by atoms with E-state index in [4.69, 9.17) is 0 Å². The van der Waals surface area contributed by atoms with Crippen LogP contribution in [0.2, 0.25) is 0 Å². The number of nitrogens with one attached hydrogen (secondary N) is 1. The highest BCUT2D eigenvalue weighted by molar-refractivity contribution is 9.10. The molecule has 0 aliphatic carbocycles. The summed E-state index contributed by atoms with van der Waals surface area (Å²) >= 11 is 3.32. The van der Waals surface area contributed by atoms with E-state index in [1.807, 2.05) is 24.6 Å². The van der Waals surface area contributed by atoms with Gasteiger partial charge in [0.1, 0.15) is 5.82 Å². The van der Waals surface area contributed by atoms with Gasteiger partial charge in [0, 0.05) is 28.0 Å². The molecule has 0 unspecified atom stereocenters. The minimum atomic E-state index is -0.227. The normalized spacial score (nSPS) is 11.1. The number of aromatic nitrogens is 3. The van der Waals surface area contributed by atoms with Crippen LogP contribution < -0.4 is 5.32 Å². The van der Waals surface area contributed by atoms with Gasteiger partial charge in [-0.25, -0.2) is 4.98 Å². The number of halogens is 1. The van der Waals surface area contributed by atoms with Gasteiger partial charge in [-0.1, -0.05) is 29.8 Å². The highest BCUT2D eigenvalue weighted by atomic mass is 79.9. The van der Waals surface area contributed by atoms with Crippen molar-refractivity contribution in [2.45, 2.75) is 27.3 Å². The van der Waals surface area contributed by atoms with E-state index in [2.05, 4.69) is 62.5 Å². The summed E-state index contributed by atoms with van der Waals surface area (Å²) in [7, 11) is 0. The molecular weight excluding hydrogens is 404 g/mol. The lowest BCUT2D eigenvalue weighted by Crippen LogP contribution is -2.09. The van der Waals surface area contributed by atoms with Gasteiger partial charge in [-0.05, 0) is 60.5 Å². The van der Waals surface area contributed by atoms with Crippen LogP contribution in [-0.2, 0) is 11.3 Å². The second-order valence-electron chi connectivity index (χ2n) is 6.41. The molecule has 138 valence electrons. The predicted octanol–water partition coefficient (Wildman–Crippen LogP) is 4.67. The van der Waals surface area contributed by atoms with Crippen LogP contribution in [0.1, 0.15) is 28.1 Å². The summed E-state index contributed by atoms with van der Waals surface area (Å²) in [6.45, 7) is 6.75. The van der Waals surface area contributed by atoms with Crippen LogP contribution in [-0.4, -0.2) is 20.7 Å². The van der Waals surface area contributed by atoms with Crippen LogP contribution in [0, 0.1) is 20.8 Å². The van der Waals surface area contributed by atoms with Crippen molar-refractivity contribution in [1.82, 2.24) is 14.8 Å². The van der Waals surface area contributed by atoms with Gasteiger partial charge in [0.25, 0.3) is 0 Å². The quantitative estimate of drug-likeness (QED) is 0.605. The van der Waals surface area contributed by atoms with E-state index in [1.54, 1.807) is 18.3 Å². The Morgan fingerprint density at radius 3 is 2.56 bits per heavy atom. The first-order valence-corrected chi connectivity index (χ1v) is 9.42. The highest BCUT2D eigenvalue weighted by Crippen LogP contribution is 2.17. The van der Waals surface area contributed by atoms with Gasteiger partial charge in [0.05, 0.1) is 12.2 Å². The van der Waals surface area contributed by atoms with Crippen molar-refractivity contribution in [2.24, 2.45) is 0 Å². The largest absolute Gasteiger partial charge is 0.307 e. The molecule has 2 aromatic heterocycles. The van der Waals surface area contributed by atoms with Crippen LogP contribution in [0.3, 0.4) is 0 Å². The Kier molecular flexibility index (Phi) is 5.86. The summed E-state index contributed by atoms with van der Waals surface area (Å²) in [6, 6.07) is 12.0. The summed E-state index contributed by atoms with van der Waals surface area (Å²) in [5.74, 6) is 0.284. The Bertz CT molecular complexity index is 973. The third kappa shape index (κ3) is 4.92. The van der Waals surface area contributed by atoms with Gasteiger partial charge in [-0.3, -0.25) is 9.48 Å². The molecule has 0 saturated heterocycles. The molecule has 0 aliphatic heterocycles. The fraction of sp³-hybridized carbons (Fsp3) is 0.190. The lowest BCUT2D eigenvalue weighted by atomic mass is 10.1. The lowest BCUT2D eigenvalue weighted by molar-refractivity contribution is -0.111. The molecule has 6 heteroatoms. The number of aryl methyl sites for hydroxylation is 2. The number of anilines is 1. The summed E-state index contributed by atoms with van der Waals surface area (Å²) in [4.78, 5) is 16.3. The number of hydrogen-bond acceptors (Lipinski definition) is 3. The van der Waals surface area contributed by atoms with Crippen LogP contribution in [0.15, 0.2) is 53.1 Å². The molecular formula is C21H21BrN4O. The molecule has 3 rings (SSSR count). The number of hydrogen-bond donors (Lipinski definition) is 1. The topological polar surface area (TPSA) is 59.8 Å². The van der Waals surface area contributed by atoms with E-state index in [0.717, 1.165) is 21.4 Å². The Morgan fingerprint density at radius 2 is 1.89 bits per heavy atom. The number of carbonyl (C=O) groups excluding carboxylic acids is 1. The summed E-state index contributed by atoms with van der Waals surface area (Å²) < 4.78 is 2.83. The van der Waals surface area contributed by atoms with Gasteiger partial charge in [0.2, 0.25) is 5.91 Å². The standard InChI is InChI=1S/C21H21BrN4O/c1-14-4-6-17(7-5-14)13-26-16(3)19(15(2)25-26)9-11-21(27)24-20-10-8-18(22)12-23-20/h4-12H,13H2,1-3H3,(H,23,24,27)/b11-9+. The van der Waals surface area contributed by atoms with E-state index in [0.29, 0.717) is 12.4 Å². The first kappa shape index (κ1) is 19.0. The number of benzene rings is 1. The number of rotatable bonds is 5. The molecule has 0 spiro atoms. The van der Waals surface area contributed by atoms with Crippen molar-refractivity contribution < 1.29 is 4.79 Å². The predicted molar refractivity (Wildman–Crippen MR) is 112 cm³/mol. The Morgan fingerprint density at radius 1 is 1.15 bits per heavy atom. The minimum Gasteiger partial charge on any atom is -0.307 e. The minimum absolute atomic E-state index is 0.227. The zero-order valence-corrected chi connectivity index (χ0v) is 17.1. The van der Waals surface area contributed by atoms with E-state index in [-0.39, 0.29) is 5.91 Å². The third-order valence-corrected chi connectivity index (χ3v) is 4.74. The summed E-state index contributed by atoms with van der Waals surface area (Å²) in [5, 5.41) is 7.36. The smallest absolute Gasteiger partial charge is 0.249 e. The van der Waals surface area contributed by atoms with Crippen molar-refractivity contribution >= 4 is 33.7 Å². The maximum Gasteiger partial charge on any atom is 0.249 e. The van der Waals surface area contributed by atoms with Gasteiger partial charge in [0.15, 0.2) is 0 Å². The molecule has 2 heterocycles. The fourth-order valence-electron chi connectivity index (χ4n) is 2.75. The molecule has 1 aromatic carbocycles. The van der Waals surface area contributed by atoms with Gasteiger partial charge >= 0.3 is 0 Å². The van der Waals surface area contributed by atoms with Crippen LogP contribution in [0.4, 0.5) is 5.82 Å². The van der Waals surface area contributed by atoms with E-state index in [1.165, 1.54) is 17.2 Å². The zero-order valence-electron chi connectivity index (χ0n) is 15.5. The number of amides is 1. The van der Waals surface area contributed by atoms with Crippen molar-refractivity contribution in [1.29, 1.82) is 0 Å². The van der Waals surface area contributed by atoms with Crippen molar-refractivity contribution in [3.8, 4) is 0 Å². The highest BCUT2D eigenvalue weighted by Gasteiger charge is 2.10.